The number of nitrogens with zero attached hydrogens (tertiary/aromatic N) is 2. The summed E-state index contributed by atoms with van der Waals surface area (Å²) < 4.78 is 0. The molecule has 17 heavy (non-hydrogen) atoms. The molecule has 1 aliphatic rings. The number of aliphatic hydroxyl groups excluding tert-OH is 1. The van der Waals surface area contributed by atoms with Crippen molar-refractivity contribution in [2.75, 3.05) is 18.1 Å². The summed E-state index contributed by atoms with van der Waals surface area (Å²) in [6.07, 6.45) is 3.58. The Bertz CT molecular complexity index is 432. The van der Waals surface area contributed by atoms with Crippen LogP contribution in [-0.4, -0.2) is 24.3 Å². The maximum absolute atomic E-state index is 9.19. The number of benzene rings is 1. The maximum Gasteiger partial charge on any atom is 0.101 e. The van der Waals surface area contributed by atoms with Crippen LogP contribution < -0.4 is 4.90 Å². The van der Waals surface area contributed by atoms with Gasteiger partial charge in [0.25, 0.3) is 0 Å². The Balaban J connectivity index is 2.31. The van der Waals surface area contributed by atoms with Crippen LogP contribution in [0.5, 0.6) is 0 Å². The monoisotopic (exact) mass is 230 g/mol. The Morgan fingerprint density at radius 1 is 1.47 bits per heavy atom. The minimum Gasteiger partial charge on any atom is -0.395 e. The fourth-order valence-electron chi connectivity index (χ4n) is 2.30. The first-order valence-electron chi connectivity index (χ1n) is 6.14. The van der Waals surface area contributed by atoms with Gasteiger partial charge in [0.2, 0.25) is 0 Å². The number of hydrogen-bond donors (Lipinski definition) is 1. The van der Waals surface area contributed by atoms with Gasteiger partial charge in [0.15, 0.2) is 0 Å². The molecule has 0 unspecified atom stereocenters. The van der Waals surface area contributed by atoms with E-state index in [0.29, 0.717) is 18.2 Å². The van der Waals surface area contributed by atoms with Crippen molar-refractivity contribution in [3.63, 3.8) is 0 Å². The van der Waals surface area contributed by atoms with Gasteiger partial charge in [0.05, 0.1) is 17.9 Å². The van der Waals surface area contributed by atoms with Gasteiger partial charge in [-0.2, -0.15) is 5.26 Å². The summed E-state index contributed by atoms with van der Waals surface area (Å²) in [5.41, 5.74) is 2.78. The van der Waals surface area contributed by atoms with Crippen molar-refractivity contribution >= 4 is 5.69 Å². The molecule has 1 N–H and O–H groups in total. The second kappa shape index (κ2) is 5.20. The third-order valence-corrected chi connectivity index (χ3v) is 3.44. The van der Waals surface area contributed by atoms with Crippen LogP contribution >= 0.6 is 0 Å². The number of anilines is 1. The van der Waals surface area contributed by atoms with E-state index in [-0.39, 0.29) is 6.61 Å². The molecule has 0 saturated heterocycles. The molecule has 1 aliphatic carbocycles. The topological polar surface area (TPSA) is 47.3 Å². The molecule has 0 radical (unpaired) electrons. The fraction of sp³-hybridized carbons (Fsp3) is 0.500. The Morgan fingerprint density at radius 2 is 2.24 bits per heavy atom. The van der Waals surface area contributed by atoms with Gasteiger partial charge in [-0.05, 0) is 43.9 Å². The molecule has 0 aromatic heterocycles. The Morgan fingerprint density at radius 3 is 2.76 bits per heavy atom. The highest BCUT2D eigenvalue weighted by Crippen LogP contribution is 2.31. The lowest BCUT2D eigenvalue weighted by molar-refractivity contribution is 0.283. The van der Waals surface area contributed by atoms with Gasteiger partial charge in [-0.15, -0.1) is 0 Å². The summed E-state index contributed by atoms with van der Waals surface area (Å²) in [6, 6.07) is 8.70. The summed E-state index contributed by atoms with van der Waals surface area (Å²) >= 11 is 0. The van der Waals surface area contributed by atoms with Gasteiger partial charge >= 0.3 is 0 Å². The third kappa shape index (κ3) is 2.42. The smallest absolute Gasteiger partial charge is 0.101 e. The molecule has 0 amide bonds. The van der Waals surface area contributed by atoms with Crippen molar-refractivity contribution in [2.45, 2.75) is 32.2 Å². The highest BCUT2D eigenvalue weighted by molar-refractivity contribution is 5.61. The normalized spacial score (nSPS) is 15.1. The Hall–Kier alpha value is -1.53. The van der Waals surface area contributed by atoms with E-state index >= 15 is 0 Å². The first-order chi connectivity index (χ1) is 8.26. The van der Waals surface area contributed by atoms with E-state index in [4.69, 9.17) is 5.11 Å². The second-order valence-electron chi connectivity index (χ2n) is 4.63. The van der Waals surface area contributed by atoms with Crippen molar-refractivity contribution in [2.24, 2.45) is 0 Å². The van der Waals surface area contributed by atoms with Crippen molar-refractivity contribution < 1.29 is 5.11 Å². The molecule has 0 bridgehead atoms. The van der Waals surface area contributed by atoms with Crippen molar-refractivity contribution in [1.82, 2.24) is 0 Å². The molecule has 2 rings (SSSR count). The molecular formula is C14H18N2O. The van der Waals surface area contributed by atoms with E-state index in [0.717, 1.165) is 11.3 Å². The molecule has 1 aromatic rings. The van der Waals surface area contributed by atoms with E-state index in [1.807, 2.05) is 25.1 Å². The molecule has 3 nitrogen and oxygen atoms in total. The molecule has 1 aromatic carbocycles. The number of aliphatic hydroxyl groups is 1. The zero-order chi connectivity index (χ0) is 12.3. The van der Waals surface area contributed by atoms with Gasteiger partial charge in [0.1, 0.15) is 6.07 Å². The number of aryl methyl sites for hydroxylation is 1. The largest absolute Gasteiger partial charge is 0.395 e. The van der Waals surface area contributed by atoms with Crippen LogP contribution in [-0.2, 0) is 0 Å². The maximum atomic E-state index is 9.19. The lowest BCUT2D eigenvalue weighted by atomic mass is 9.90. The Kier molecular flexibility index (Phi) is 3.65. The lowest BCUT2D eigenvalue weighted by Gasteiger charge is -2.39. The van der Waals surface area contributed by atoms with Crippen molar-refractivity contribution in [1.29, 1.82) is 5.26 Å². The molecule has 3 heteroatoms. The predicted octanol–water partition coefficient (Wildman–Crippen LogP) is 2.22. The van der Waals surface area contributed by atoms with Crippen LogP contribution in [0.15, 0.2) is 18.2 Å². The van der Waals surface area contributed by atoms with E-state index in [2.05, 4.69) is 11.0 Å². The van der Waals surface area contributed by atoms with Gasteiger partial charge in [-0.3, -0.25) is 0 Å². The average molecular weight is 230 g/mol. The highest BCUT2D eigenvalue weighted by Gasteiger charge is 2.26. The number of nitriles is 1. The van der Waals surface area contributed by atoms with Crippen molar-refractivity contribution in [3.05, 3.63) is 29.3 Å². The summed E-state index contributed by atoms with van der Waals surface area (Å²) in [5.74, 6) is 0. The standard InChI is InChI=1S/C14H18N2O/c1-11-5-6-14(12(9-11)10-15)16(7-8-17)13-3-2-4-13/h5-6,9,13,17H,2-4,7-8H2,1H3. The lowest BCUT2D eigenvalue weighted by Crippen LogP contribution is -2.42. The summed E-state index contributed by atoms with van der Waals surface area (Å²) in [7, 11) is 0. The van der Waals surface area contributed by atoms with Crippen LogP contribution in [0.4, 0.5) is 5.69 Å². The first kappa shape index (κ1) is 11.9. The molecule has 1 fully saturated rings. The van der Waals surface area contributed by atoms with E-state index in [9.17, 15) is 5.26 Å². The molecule has 1 saturated carbocycles. The predicted molar refractivity (Wildman–Crippen MR) is 68.0 cm³/mol. The Labute approximate surface area is 102 Å². The summed E-state index contributed by atoms with van der Waals surface area (Å²) in [5, 5.41) is 18.4. The zero-order valence-corrected chi connectivity index (χ0v) is 10.2. The van der Waals surface area contributed by atoms with Gasteiger partial charge < -0.3 is 10.0 Å². The molecule has 0 spiro atoms. The minimum atomic E-state index is 0.134. The third-order valence-electron chi connectivity index (χ3n) is 3.44. The molecule has 0 heterocycles. The van der Waals surface area contributed by atoms with Crippen LogP contribution in [0, 0.1) is 18.3 Å². The highest BCUT2D eigenvalue weighted by atomic mass is 16.3. The van der Waals surface area contributed by atoms with E-state index in [1.165, 1.54) is 19.3 Å². The second-order valence-corrected chi connectivity index (χ2v) is 4.63. The fourth-order valence-corrected chi connectivity index (χ4v) is 2.30. The summed E-state index contributed by atoms with van der Waals surface area (Å²) in [6.45, 7) is 2.74. The van der Waals surface area contributed by atoms with Crippen LogP contribution in [0.25, 0.3) is 0 Å². The molecular weight excluding hydrogens is 212 g/mol. The SMILES string of the molecule is Cc1ccc(N(CCO)C2CCC2)c(C#N)c1. The quantitative estimate of drug-likeness (QED) is 0.862. The van der Waals surface area contributed by atoms with E-state index in [1.54, 1.807) is 0 Å². The number of rotatable bonds is 4. The van der Waals surface area contributed by atoms with Crippen LogP contribution in [0.3, 0.4) is 0 Å². The first-order valence-corrected chi connectivity index (χ1v) is 6.14. The van der Waals surface area contributed by atoms with Crippen molar-refractivity contribution in [3.8, 4) is 6.07 Å². The summed E-state index contributed by atoms with van der Waals surface area (Å²) in [4.78, 5) is 2.18. The average Bonchev–Trinajstić information content (AvgIpc) is 2.26. The van der Waals surface area contributed by atoms with Crippen LogP contribution in [0.1, 0.15) is 30.4 Å². The minimum absolute atomic E-state index is 0.134. The zero-order valence-electron chi connectivity index (χ0n) is 10.2. The molecule has 0 atom stereocenters. The molecule has 0 aliphatic heterocycles. The van der Waals surface area contributed by atoms with Gasteiger partial charge in [0, 0.05) is 12.6 Å². The molecule has 90 valence electrons. The van der Waals surface area contributed by atoms with E-state index < -0.39 is 0 Å². The van der Waals surface area contributed by atoms with Gasteiger partial charge in [-0.1, -0.05) is 6.07 Å². The van der Waals surface area contributed by atoms with Crippen LogP contribution in [0.2, 0.25) is 0 Å². The van der Waals surface area contributed by atoms with Gasteiger partial charge in [-0.25, -0.2) is 0 Å². The number of hydrogen-bond acceptors (Lipinski definition) is 3.